The number of aliphatic hydroxyl groups is 1. The molecule has 0 aliphatic carbocycles. The Balaban J connectivity index is 1.49. The molecule has 0 fully saturated rings. The Labute approximate surface area is 227 Å². The van der Waals surface area contributed by atoms with E-state index in [-0.39, 0.29) is 49.5 Å². The van der Waals surface area contributed by atoms with Crippen LogP contribution in [0.4, 0.5) is 0 Å². The normalized spacial score (nSPS) is 17.5. The Morgan fingerprint density at radius 3 is 2.67 bits per heavy atom. The molecule has 0 saturated heterocycles. The van der Waals surface area contributed by atoms with Crippen LogP contribution < -0.4 is 4.74 Å². The summed E-state index contributed by atoms with van der Waals surface area (Å²) in [7, 11) is -2.41. The average molecular weight is 558 g/mol. The summed E-state index contributed by atoms with van der Waals surface area (Å²) in [6, 6.07) is 13.5. The molecule has 1 aliphatic heterocycles. The van der Waals surface area contributed by atoms with E-state index in [0.29, 0.717) is 17.8 Å². The number of carbonyl (C=O) groups excluding carboxylic acids is 1. The van der Waals surface area contributed by atoms with Crippen LogP contribution >= 0.6 is 0 Å². The smallest absolute Gasteiger partial charge is 0.373 e. The molecule has 11 heteroatoms. The summed E-state index contributed by atoms with van der Waals surface area (Å²) in [5, 5.41) is 10.4. The Bertz CT molecular complexity index is 1410. The lowest BCUT2D eigenvalue weighted by molar-refractivity contribution is -0.160. The fraction of sp³-hybridized carbons (Fsp3) is 0.321. The maximum absolute atomic E-state index is 13.2. The van der Waals surface area contributed by atoms with Crippen molar-refractivity contribution in [2.24, 2.45) is 0 Å². The molecular formula is C28H31NO9S. The minimum absolute atomic E-state index is 0.0125. The van der Waals surface area contributed by atoms with Crippen LogP contribution in [0.5, 0.6) is 5.75 Å². The summed E-state index contributed by atoms with van der Waals surface area (Å²) in [6.45, 7) is 2.99. The number of para-hydroxylation sites is 1. The van der Waals surface area contributed by atoms with E-state index in [1.54, 1.807) is 24.5 Å². The summed E-state index contributed by atoms with van der Waals surface area (Å²) in [4.78, 5) is 12.7. The van der Waals surface area contributed by atoms with Crippen LogP contribution in [-0.4, -0.2) is 70.1 Å². The van der Waals surface area contributed by atoms with Gasteiger partial charge in [0.1, 0.15) is 17.9 Å². The van der Waals surface area contributed by atoms with E-state index in [2.05, 4.69) is 6.58 Å². The SMILES string of the molecule is C=CCOC(=O)C1=C[C@H](c2coc3ccccc23)C[C@H](OCCN(CCO)S(=O)(=O)c2ccc(OC)cc2)O1. The predicted molar refractivity (Wildman–Crippen MR) is 142 cm³/mol. The lowest BCUT2D eigenvalue weighted by atomic mass is 9.92. The lowest BCUT2D eigenvalue weighted by Crippen LogP contribution is -2.37. The highest BCUT2D eigenvalue weighted by Gasteiger charge is 2.32. The van der Waals surface area contributed by atoms with Crippen molar-refractivity contribution < 1.29 is 41.7 Å². The number of furan rings is 1. The van der Waals surface area contributed by atoms with Crippen molar-refractivity contribution in [3.8, 4) is 5.75 Å². The number of nitrogens with zero attached hydrogens (tertiary/aromatic N) is 1. The molecule has 1 N–H and O–H groups in total. The molecule has 208 valence electrons. The van der Waals surface area contributed by atoms with Crippen LogP contribution in [0.3, 0.4) is 0 Å². The number of allylic oxidation sites excluding steroid dienone is 1. The largest absolute Gasteiger partial charge is 0.497 e. The fourth-order valence-corrected chi connectivity index (χ4v) is 5.67. The van der Waals surface area contributed by atoms with E-state index >= 15 is 0 Å². The zero-order valence-corrected chi connectivity index (χ0v) is 22.3. The van der Waals surface area contributed by atoms with E-state index in [1.165, 1.54) is 25.3 Å². The monoisotopic (exact) mass is 557 g/mol. The van der Waals surface area contributed by atoms with Gasteiger partial charge in [-0.05, 0) is 36.4 Å². The van der Waals surface area contributed by atoms with E-state index < -0.39 is 22.3 Å². The number of benzene rings is 2. The number of carbonyl (C=O) groups is 1. The molecule has 0 unspecified atom stereocenters. The zero-order valence-electron chi connectivity index (χ0n) is 21.5. The Morgan fingerprint density at radius 2 is 1.95 bits per heavy atom. The molecule has 3 aromatic rings. The Kier molecular flexibility index (Phi) is 9.41. The standard InChI is InChI=1S/C28H31NO9S/c1-3-15-36-28(31)26-17-20(24-19-37-25-7-5-4-6-23(24)25)18-27(38-26)35-16-13-29(12-14-30)39(32,33)22-10-8-21(34-2)9-11-22/h3-11,17,19-20,27,30H,1,12-16,18H2,2H3/t20-,27+/m0/s1. The van der Waals surface area contributed by atoms with Gasteiger partial charge in [0.05, 0.1) is 31.5 Å². The van der Waals surface area contributed by atoms with Crippen LogP contribution in [0, 0.1) is 0 Å². The van der Waals surface area contributed by atoms with Gasteiger partial charge in [-0.1, -0.05) is 30.9 Å². The van der Waals surface area contributed by atoms with Crippen LogP contribution in [-0.2, 0) is 29.0 Å². The summed E-state index contributed by atoms with van der Waals surface area (Å²) in [5.74, 6) is -0.433. The minimum Gasteiger partial charge on any atom is -0.497 e. The molecule has 0 radical (unpaired) electrons. The number of esters is 1. The second kappa shape index (κ2) is 12.9. The Hall–Kier alpha value is -3.64. The van der Waals surface area contributed by atoms with Crippen LogP contribution in [0.25, 0.3) is 11.0 Å². The molecule has 2 aromatic carbocycles. The van der Waals surface area contributed by atoms with Gasteiger partial charge in [-0.3, -0.25) is 0 Å². The summed E-state index contributed by atoms with van der Waals surface area (Å²) < 4.78 is 55.1. The summed E-state index contributed by atoms with van der Waals surface area (Å²) in [6.07, 6.45) is 4.27. The summed E-state index contributed by atoms with van der Waals surface area (Å²) in [5.41, 5.74) is 1.57. The van der Waals surface area contributed by atoms with Crippen molar-refractivity contribution in [3.05, 3.63) is 84.8 Å². The first-order valence-electron chi connectivity index (χ1n) is 12.4. The molecule has 39 heavy (non-hydrogen) atoms. The topological polar surface area (TPSA) is 125 Å². The number of aliphatic hydroxyl groups excluding tert-OH is 1. The molecule has 2 atom stereocenters. The molecule has 10 nitrogen and oxygen atoms in total. The van der Waals surface area contributed by atoms with Crippen LogP contribution in [0.1, 0.15) is 17.9 Å². The average Bonchev–Trinajstić information content (AvgIpc) is 3.39. The van der Waals surface area contributed by atoms with Gasteiger partial charge < -0.3 is 28.5 Å². The molecule has 0 bridgehead atoms. The minimum atomic E-state index is -3.91. The second-order valence-electron chi connectivity index (χ2n) is 8.67. The van der Waals surface area contributed by atoms with Gasteiger partial charge in [-0.15, -0.1) is 0 Å². The highest BCUT2D eigenvalue weighted by Crippen LogP contribution is 2.36. The predicted octanol–water partition coefficient (Wildman–Crippen LogP) is 3.58. The van der Waals surface area contributed by atoms with Crippen molar-refractivity contribution in [2.45, 2.75) is 23.5 Å². The third kappa shape index (κ3) is 6.69. The van der Waals surface area contributed by atoms with E-state index in [9.17, 15) is 18.3 Å². The zero-order chi connectivity index (χ0) is 27.8. The number of hydrogen-bond acceptors (Lipinski definition) is 9. The number of hydrogen-bond donors (Lipinski definition) is 1. The number of fused-ring (bicyclic) bond motifs is 1. The van der Waals surface area contributed by atoms with E-state index in [1.807, 2.05) is 24.3 Å². The van der Waals surface area contributed by atoms with Crippen LogP contribution in [0.15, 0.2) is 88.6 Å². The van der Waals surface area contributed by atoms with Gasteiger partial charge in [0.25, 0.3) is 0 Å². The van der Waals surface area contributed by atoms with Gasteiger partial charge in [-0.2, -0.15) is 4.31 Å². The molecule has 1 aliphatic rings. The van der Waals surface area contributed by atoms with Crippen molar-refractivity contribution in [3.63, 3.8) is 0 Å². The third-order valence-corrected chi connectivity index (χ3v) is 8.11. The second-order valence-corrected chi connectivity index (χ2v) is 10.6. The van der Waals surface area contributed by atoms with Crippen molar-refractivity contribution in [2.75, 3.05) is 40.0 Å². The van der Waals surface area contributed by atoms with Gasteiger partial charge >= 0.3 is 5.97 Å². The number of ether oxygens (including phenoxy) is 4. The van der Waals surface area contributed by atoms with Crippen molar-refractivity contribution in [1.82, 2.24) is 4.31 Å². The highest BCUT2D eigenvalue weighted by atomic mass is 32.2. The van der Waals surface area contributed by atoms with E-state index in [4.69, 9.17) is 23.4 Å². The number of rotatable bonds is 13. The number of sulfonamides is 1. The first kappa shape index (κ1) is 28.4. The van der Waals surface area contributed by atoms with Gasteiger partial charge in [-0.25, -0.2) is 13.2 Å². The highest BCUT2D eigenvalue weighted by molar-refractivity contribution is 7.89. The molecule has 0 saturated carbocycles. The first-order chi connectivity index (χ1) is 18.9. The maximum Gasteiger partial charge on any atom is 0.373 e. The quantitative estimate of drug-likeness (QED) is 0.248. The maximum atomic E-state index is 13.2. The van der Waals surface area contributed by atoms with Gasteiger partial charge in [0.15, 0.2) is 0 Å². The van der Waals surface area contributed by atoms with Gasteiger partial charge in [0.2, 0.25) is 22.1 Å². The molecule has 4 rings (SSSR count). The third-order valence-electron chi connectivity index (χ3n) is 6.19. The fourth-order valence-electron chi connectivity index (χ4n) is 4.26. The first-order valence-corrected chi connectivity index (χ1v) is 13.8. The molecule has 0 spiro atoms. The van der Waals surface area contributed by atoms with Crippen molar-refractivity contribution in [1.29, 1.82) is 0 Å². The molecule has 1 aromatic heterocycles. The Morgan fingerprint density at radius 1 is 1.18 bits per heavy atom. The van der Waals surface area contributed by atoms with Gasteiger partial charge in [0, 0.05) is 36.4 Å². The molecule has 2 heterocycles. The number of methoxy groups -OCH3 is 1. The molecule has 0 amide bonds. The molecular weight excluding hydrogens is 526 g/mol. The lowest BCUT2D eigenvalue weighted by Gasteiger charge is -2.29. The van der Waals surface area contributed by atoms with E-state index in [0.717, 1.165) is 15.3 Å². The van der Waals surface area contributed by atoms with Crippen molar-refractivity contribution >= 4 is 27.0 Å². The summed E-state index contributed by atoms with van der Waals surface area (Å²) >= 11 is 0. The van der Waals surface area contributed by atoms with Crippen LogP contribution in [0.2, 0.25) is 0 Å².